The fourth-order valence-electron chi connectivity index (χ4n) is 2.54. The van der Waals surface area contributed by atoms with Crippen molar-refractivity contribution in [3.63, 3.8) is 0 Å². The minimum atomic E-state index is 0.0689. The number of rotatable bonds is 5. The predicted molar refractivity (Wildman–Crippen MR) is 86.4 cm³/mol. The molecule has 1 fully saturated rings. The van der Waals surface area contributed by atoms with Crippen LogP contribution in [0.4, 0.5) is 0 Å². The molecule has 1 heterocycles. The first-order chi connectivity index (χ1) is 9.95. The van der Waals surface area contributed by atoms with Gasteiger partial charge in [0, 0.05) is 5.56 Å². The maximum absolute atomic E-state index is 12.3. The van der Waals surface area contributed by atoms with Crippen LogP contribution >= 0.6 is 11.6 Å². The molecule has 1 aliphatic heterocycles. The number of Topliss-reactive ketones (excluding diaryl/α,β-unsaturated/α-hetero) is 1. The Hall–Kier alpha value is -1.06. The summed E-state index contributed by atoms with van der Waals surface area (Å²) >= 11 is 6.19. The average Bonchev–Trinajstić information content (AvgIpc) is 2.43. The van der Waals surface area contributed by atoms with Crippen LogP contribution < -0.4 is 4.74 Å². The van der Waals surface area contributed by atoms with Crippen LogP contribution in [-0.2, 0) is 0 Å². The lowest BCUT2D eigenvalue weighted by Gasteiger charge is -2.29. The van der Waals surface area contributed by atoms with Crippen molar-refractivity contribution in [3.8, 4) is 5.75 Å². The summed E-state index contributed by atoms with van der Waals surface area (Å²) < 4.78 is 5.59. The maximum Gasteiger partial charge on any atom is 0.176 e. The monoisotopic (exact) mass is 309 g/mol. The van der Waals surface area contributed by atoms with E-state index in [1.165, 1.54) is 12.8 Å². The van der Waals surface area contributed by atoms with Gasteiger partial charge in [-0.25, -0.2) is 0 Å². The van der Waals surface area contributed by atoms with E-state index in [0.29, 0.717) is 22.9 Å². The van der Waals surface area contributed by atoms with Gasteiger partial charge >= 0.3 is 0 Å². The van der Waals surface area contributed by atoms with Crippen LogP contribution in [0, 0.1) is 5.92 Å². The largest absolute Gasteiger partial charge is 0.489 e. The molecular formula is C17H24ClNO2. The molecule has 0 aliphatic carbocycles. The van der Waals surface area contributed by atoms with Gasteiger partial charge in [-0.05, 0) is 63.9 Å². The van der Waals surface area contributed by atoms with Crippen molar-refractivity contribution in [3.05, 3.63) is 28.8 Å². The highest BCUT2D eigenvalue weighted by molar-refractivity contribution is 6.32. The second kappa shape index (κ2) is 7.28. The minimum Gasteiger partial charge on any atom is -0.489 e. The van der Waals surface area contributed by atoms with Crippen LogP contribution in [0.1, 0.15) is 44.0 Å². The summed E-state index contributed by atoms with van der Waals surface area (Å²) in [7, 11) is 0. The first-order valence-electron chi connectivity index (χ1n) is 7.67. The minimum absolute atomic E-state index is 0.0689. The van der Waals surface area contributed by atoms with E-state index in [1.807, 2.05) is 13.8 Å². The van der Waals surface area contributed by atoms with Crippen molar-refractivity contribution in [2.24, 2.45) is 5.92 Å². The SMILES string of the molecule is CC1CCN(CC(=O)c2ccc(OC(C)C)c(Cl)c2)CC1. The lowest BCUT2D eigenvalue weighted by atomic mass is 9.99. The molecule has 0 unspecified atom stereocenters. The average molecular weight is 310 g/mol. The number of halogens is 1. The summed E-state index contributed by atoms with van der Waals surface area (Å²) in [5.74, 6) is 1.54. The Balaban J connectivity index is 1.98. The molecule has 4 heteroatoms. The third kappa shape index (κ3) is 4.72. The quantitative estimate of drug-likeness (QED) is 0.769. The number of ether oxygens (including phenoxy) is 1. The number of benzene rings is 1. The first kappa shape index (κ1) is 16.3. The highest BCUT2D eigenvalue weighted by Gasteiger charge is 2.19. The Morgan fingerprint density at radius 1 is 1.38 bits per heavy atom. The molecule has 1 saturated heterocycles. The normalized spacial score (nSPS) is 17.2. The van der Waals surface area contributed by atoms with E-state index in [0.717, 1.165) is 19.0 Å². The molecule has 21 heavy (non-hydrogen) atoms. The van der Waals surface area contributed by atoms with Crippen LogP contribution in [0.5, 0.6) is 5.75 Å². The predicted octanol–water partition coefficient (Wildman–Crippen LogP) is 4.04. The maximum atomic E-state index is 12.3. The Kier molecular flexibility index (Phi) is 5.65. The third-order valence-corrected chi connectivity index (χ3v) is 4.16. The molecule has 0 atom stereocenters. The van der Waals surface area contributed by atoms with Gasteiger partial charge in [0.05, 0.1) is 17.7 Å². The summed E-state index contributed by atoms with van der Waals surface area (Å²) in [6.07, 6.45) is 2.42. The number of carbonyl (C=O) groups is 1. The Morgan fingerprint density at radius 3 is 2.62 bits per heavy atom. The summed E-state index contributed by atoms with van der Waals surface area (Å²) in [6, 6.07) is 5.31. The Bertz CT molecular complexity index is 494. The molecule has 0 amide bonds. The topological polar surface area (TPSA) is 29.5 Å². The van der Waals surface area contributed by atoms with E-state index in [1.54, 1.807) is 18.2 Å². The number of hydrogen-bond donors (Lipinski definition) is 0. The van der Waals surface area contributed by atoms with Crippen molar-refractivity contribution in [1.82, 2.24) is 4.90 Å². The van der Waals surface area contributed by atoms with Crippen molar-refractivity contribution in [1.29, 1.82) is 0 Å². The molecule has 0 bridgehead atoms. The molecule has 116 valence electrons. The number of hydrogen-bond acceptors (Lipinski definition) is 3. The van der Waals surface area contributed by atoms with Crippen LogP contribution in [0.15, 0.2) is 18.2 Å². The van der Waals surface area contributed by atoms with Crippen LogP contribution in [-0.4, -0.2) is 36.4 Å². The molecule has 3 nitrogen and oxygen atoms in total. The molecule has 2 rings (SSSR count). The van der Waals surface area contributed by atoms with E-state index >= 15 is 0 Å². The van der Waals surface area contributed by atoms with E-state index in [-0.39, 0.29) is 11.9 Å². The van der Waals surface area contributed by atoms with Gasteiger partial charge in [-0.3, -0.25) is 9.69 Å². The standard InChI is InChI=1S/C17H24ClNO2/c1-12(2)21-17-5-4-14(10-15(17)18)16(20)11-19-8-6-13(3)7-9-19/h4-5,10,12-13H,6-9,11H2,1-3H3. The van der Waals surface area contributed by atoms with Crippen molar-refractivity contribution in [2.75, 3.05) is 19.6 Å². The third-order valence-electron chi connectivity index (χ3n) is 3.86. The molecule has 0 N–H and O–H groups in total. The van der Waals surface area contributed by atoms with Crippen molar-refractivity contribution >= 4 is 17.4 Å². The second-order valence-electron chi connectivity index (χ2n) is 6.19. The van der Waals surface area contributed by atoms with Gasteiger partial charge in [0.2, 0.25) is 0 Å². The highest BCUT2D eigenvalue weighted by Crippen LogP contribution is 2.27. The lowest BCUT2D eigenvalue weighted by Crippen LogP contribution is -2.36. The zero-order valence-corrected chi connectivity index (χ0v) is 13.8. The Labute approximate surface area is 132 Å². The van der Waals surface area contributed by atoms with Crippen LogP contribution in [0.2, 0.25) is 5.02 Å². The molecule has 0 aromatic heterocycles. The van der Waals surface area contributed by atoms with Crippen molar-refractivity contribution < 1.29 is 9.53 Å². The summed E-state index contributed by atoms with van der Waals surface area (Å²) in [6.45, 7) is 8.67. The lowest BCUT2D eigenvalue weighted by molar-refractivity contribution is 0.0900. The highest BCUT2D eigenvalue weighted by atomic mass is 35.5. The summed E-state index contributed by atoms with van der Waals surface area (Å²) in [5.41, 5.74) is 0.662. The van der Waals surface area contributed by atoms with Gasteiger partial charge in [0.1, 0.15) is 5.75 Å². The number of ketones is 1. The molecule has 1 aromatic carbocycles. The molecule has 0 saturated carbocycles. The number of likely N-dealkylation sites (tertiary alicyclic amines) is 1. The zero-order chi connectivity index (χ0) is 15.4. The van der Waals surface area contributed by atoms with Gasteiger partial charge in [0.15, 0.2) is 5.78 Å². The van der Waals surface area contributed by atoms with Crippen LogP contribution in [0.3, 0.4) is 0 Å². The summed E-state index contributed by atoms with van der Waals surface area (Å²) in [4.78, 5) is 14.6. The van der Waals surface area contributed by atoms with E-state index in [2.05, 4.69) is 11.8 Å². The van der Waals surface area contributed by atoms with Gasteiger partial charge in [0.25, 0.3) is 0 Å². The molecule has 1 aromatic rings. The van der Waals surface area contributed by atoms with Gasteiger partial charge in [-0.15, -0.1) is 0 Å². The second-order valence-corrected chi connectivity index (χ2v) is 6.60. The van der Waals surface area contributed by atoms with Gasteiger partial charge in [-0.2, -0.15) is 0 Å². The molecule has 1 aliphatic rings. The Morgan fingerprint density at radius 2 is 2.05 bits per heavy atom. The first-order valence-corrected chi connectivity index (χ1v) is 8.05. The van der Waals surface area contributed by atoms with E-state index in [4.69, 9.17) is 16.3 Å². The molecule has 0 spiro atoms. The smallest absolute Gasteiger partial charge is 0.176 e. The van der Waals surface area contributed by atoms with Gasteiger partial charge < -0.3 is 4.74 Å². The summed E-state index contributed by atoms with van der Waals surface area (Å²) in [5, 5.41) is 0.502. The molecular weight excluding hydrogens is 286 g/mol. The number of piperidine rings is 1. The number of nitrogens with zero attached hydrogens (tertiary/aromatic N) is 1. The van der Waals surface area contributed by atoms with Crippen LogP contribution in [0.25, 0.3) is 0 Å². The van der Waals surface area contributed by atoms with E-state index < -0.39 is 0 Å². The fraction of sp³-hybridized carbons (Fsp3) is 0.588. The van der Waals surface area contributed by atoms with E-state index in [9.17, 15) is 4.79 Å². The van der Waals surface area contributed by atoms with Gasteiger partial charge in [-0.1, -0.05) is 18.5 Å². The fourth-order valence-corrected chi connectivity index (χ4v) is 2.76. The zero-order valence-electron chi connectivity index (χ0n) is 13.1. The number of carbonyl (C=O) groups excluding carboxylic acids is 1. The van der Waals surface area contributed by atoms with Crippen molar-refractivity contribution in [2.45, 2.75) is 39.7 Å². The molecule has 0 radical (unpaired) electrons.